The summed E-state index contributed by atoms with van der Waals surface area (Å²) in [5, 5.41) is 10.6. The van der Waals surface area contributed by atoms with Crippen molar-refractivity contribution >= 4 is 5.91 Å². The normalized spacial score (nSPS) is 25.3. The first-order valence-electron chi connectivity index (χ1n) is 6.61. The highest BCUT2D eigenvalue weighted by Gasteiger charge is 2.42. The van der Waals surface area contributed by atoms with E-state index in [-0.39, 0.29) is 5.91 Å². The number of nitrogens with zero attached hydrogens (tertiary/aromatic N) is 2. The van der Waals surface area contributed by atoms with Crippen molar-refractivity contribution in [3.8, 4) is 0 Å². The molecule has 1 saturated heterocycles. The molecular weight excluding hydrogens is 232 g/mol. The summed E-state index contributed by atoms with van der Waals surface area (Å²) in [6, 6.07) is 0.316. The number of piperidine rings is 1. The number of amides is 1. The fraction of sp³-hybridized carbons (Fsp3) is 0.923. The van der Waals surface area contributed by atoms with Gasteiger partial charge in [-0.2, -0.15) is 0 Å². The molecule has 0 radical (unpaired) electrons. The Morgan fingerprint density at radius 2 is 2.22 bits per heavy atom. The number of likely N-dealkylation sites (N-methyl/N-ethyl adjacent to an activating group) is 1. The number of carbonyl (C=O) groups excluding carboxylic acids is 1. The molecule has 0 aromatic heterocycles. The van der Waals surface area contributed by atoms with Crippen molar-refractivity contribution in [2.24, 2.45) is 0 Å². The summed E-state index contributed by atoms with van der Waals surface area (Å²) in [4.78, 5) is 16.0. The highest BCUT2D eigenvalue weighted by Crippen LogP contribution is 2.24. The smallest absolute Gasteiger partial charge is 0.255 e. The monoisotopic (exact) mass is 258 g/mol. The first-order chi connectivity index (χ1) is 8.40. The predicted molar refractivity (Wildman–Crippen MR) is 70.4 cm³/mol. The van der Waals surface area contributed by atoms with Crippen LogP contribution >= 0.6 is 0 Å². The molecule has 0 aromatic carbocycles. The fourth-order valence-corrected chi connectivity index (χ4v) is 2.22. The molecule has 1 aliphatic rings. The Bertz CT molecular complexity index is 283. The van der Waals surface area contributed by atoms with Gasteiger partial charge in [-0.05, 0) is 33.7 Å². The molecule has 1 amide bonds. The quantitative estimate of drug-likeness (QED) is 0.746. The molecule has 1 rings (SSSR count). The second-order valence-corrected chi connectivity index (χ2v) is 5.43. The minimum Gasteiger partial charge on any atom is -0.383 e. The summed E-state index contributed by atoms with van der Waals surface area (Å²) in [6.45, 7) is 6.30. The van der Waals surface area contributed by atoms with Crippen LogP contribution in [-0.4, -0.2) is 72.9 Å². The van der Waals surface area contributed by atoms with Crippen molar-refractivity contribution in [1.29, 1.82) is 0 Å². The molecule has 1 atom stereocenters. The summed E-state index contributed by atoms with van der Waals surface area (Å²) in [5.74, 6) is -0.154. The number of methoxy groups -OCH3 is 1. The van der Waals surface area contributed by atoms with Crippen LogP contribution in [0.25, 0.3) is 0 Å². The van der Waals surface area contributed by atoms with Gasteiger partial charge in [-0.25, -0.2) is 0 Å². The maximum atomic E-state index is 12.3. The summed E-state index contributed by atoms with van der Waals surface area (Å²) in [5.41, 5.74) is -1.23. The second-order valence-electron chi connectivity index (χ2n) is 5.43. The Kier molecular flexibility index (Phi) is 5.56. The first-order valence-corrected chi connectivity index (χ1v) is 6.61. The molecule has 1 heterocycles. The Balaban J connectivity index is 2.65. The van der Waals surface area contributed by atoms with Gasteiger partial charge in [0.2, 0.25) is 0 Å². The van der Waals surface area contributed by atoms with E-state index in [1.165, 1.54) is 0 Å². The predicted octanol–water partition coefficient (Wildman–Crippen LogP) is 0.327. The molecule has 1 aliphatic heterocycles. The van der Waals surface area contributed by atoms with Crippen LogP contribution < -0.4 is 0 Å². The third kappa shape index (κ3) is 3.67. The van der Waals surface area contributed by atoms with Gasteiger partial charge in [0.05, 0.1) is 6.61 Å². The standard InChI is InChI=1S/C13H26N2O3/c1-11(2)14(3)10-13(17)6-5-7-15(12(13)16)8-9-18-4/h11,17H,5-10H2,1-4H3/t13-/m0/s1. The number of hydrogen-bond donors (Lipinski definition) is 1. The number of carbonyl (C=O) groups is 1. The highest BCUT2D eigenvalue weighted by atomic mass is 16.5. The SMILES string of the molecule is COCCN1CCC[C@](O)(CN(C)C(C)C)C1=O. The van der Waals surface area contributed by atoms with Gasteiger partial charge in [0.1, 0.15) is 0 Å². The van der Waals surface area contributed by atoms with Gasteiger partial charge < -0.3 is 19.6 Å². The Hall–Kier alpha value is -0.650. The molecule has 0 bridgehead atoms. The van der Waals surface area contributed by atoms with Gasteiger partial charge in [0, 0.05) is 32.8 Å². The van der Waals surface area contributed by atoms with Crippen LogP contribution in [0.5, 0.6) is 0 Å². The van der Waals surface area contributed by atoms with E-state index in [9.17, 15) is 9.90 Å². The number of hydrogen-bond acceptors (Lipinski definition) is 4. The van der Waals surface area contributed by atoms with E-state index in [1.807, 2.05) is 11.9 Å². The first kappa shape index (κ1) is 15.4. The lowest BCUT2D eigenvalue weighted by Gasteiger charge is -2.40. The van der Waals surface area contributed by atoms with Crippen LogP contribution in [0.4, 0.5) is 0 Å². The molecule has 106 valence electrons. The largest absolute Gasteiger partial charge is 0.383 e. The molecule has 1 fully saturated rings. The van der Waals surface area contributed by atoms with Gasteiger partial charge in [-0.15, -0.1) is 0 Å². The fourth-order valence-electron chi connectivity index (χ4n) is 2.22. The minimum atomic E-state index is -1.23. The average Bonchev–Trinajstić information content (AvgIpc) is 2.31. The maximum Gasteiger partial charge on any atom is 0.255 e. The van der Waals surface area contributed by atoms with Crippen molar-refractivity contribution in [3.63, 3.8) is 0 Å². The Morgan fingerprint density at radius 1 is 1.56 bits per heavy atom. The van der Waals surface area contributed by atoms with Crippen LogP contribution in [0.2, 0.25) is 0 Å². The molecule has 0 aliphatic carbocycles. The number of aliphatic hydroxyl groups is 1. The third-order valence-electron chi connectivity index (χ3n) is 3.66. The molecule has 0 saturated carbocycles. The van der Waals surface area contributed by atoms with Gasteiger partial charge in [0.25, 0.3) is 5.91 Å². The van der Waals surface area contributed by atoms with Crippen molar-refractivity contribution < 1.29 is 14.6 Å². The van der Waals surface area contributed by atoms with Crippen molar-refractivity contribution in [1.82, 2.24) is 9.80 Å². The summed E-state index contributed by atoms with van der Waals surface area (Å²) < 4.78 is 4.99. The lowest BCUT2D eigenvalue weighted by Crippen LogP contribution is -2.59. The highest BCUT2D eigenvalue weighted by molar-refractivity contribution is 5.86. The van der Waals surface area contributed by atoms with Crippen molar-refractivity contribution in [2.75, 3.05) is 40.4 Å². The number of rotatable bonds is 6. The molecule has 0 spiro atoms. The second kappa shape index (κ2) is 6.50. The van der Waals surface area contributed by atoms with Crippen LogP contribution in [-0.2, 0) is 9.53 Å². The van der Waals surface area contributed by atoms with E-state index in [0.717, 1.165) is 13.0 Å². The maximum absolute atomic E-state index is 12.3. The molecule has 1 N–H and O–H groups in total. The molecule has 5 heteroatoms. The molecule has 18 heavy (non-hydrogen) atoms. The van der Waals surface area contributed by atoms with Crippen LogP contribution in [0.15, 0.2) is 0 Å². The Labute approximate surface area is 110 Å². The van der Waals surface area contributed by atoms with E-state index in [1.54, 1.807) is 12.0 Å². The third-order valence-corrected chi connectivity index (χ3v) is 3.66. The number of likely N-dealkylation sites (tertiary alicyclic amines) is 1. The average molecular weight is 258 g/mol. The zero-order valence-electron chi connectivity index (χ0n) is 12.0. The van der Waals surface area contributed by atoms with Crippen LogP contribution in [0.1, 0.15) is 26.7 Å². The van der Waals surface area contributed by atoms with E-state index in [0.29, 0.717) is 32.2 Å². The van der Waals surface area contributed by atoms with E-state index < -0.39 is 5.60 Å². The lowest BCUT2D eigenvalue weighted by molar-refractivity contribution is -0.160. The van der Waals surface area contributed by atoms with Crippen molar-refractivity contribution in [2.45, 2.75) is 38.3 Å². The van der Waals surface area contributed by atoms with E-state index in [4.69, 9.17) is 4.74 Å². The minimum absolute atomic E-state index is 0.154. The molecular formula is C13H26N2O3. The van der Waals surface area contributed by atoms with Gasteiger partial charge in [0.15, 0.2) is 5.60 Å². The van der Waals surface area contributed by atoms with E-state index >= 15 is 0 Å². The van der Waals surface area contributed by atoms with Crippen LogP contribution in [0.3, 0.4) is 0 Å². The molecule has 0 aromatic rings. The topological polar surface area (TPSA) is 53.0 Å². The summed E-state index contributed by atoms with van der Waals surface area (Å²) in [6.07, 6.45) is 1.39. The number of ether oxygens (including phenoxy) is 1. The van der Waals surface area contributed by atoms with E-state index in [2.05, 4.69) is 13.8 Å². The van der Waals surface area contributed by atoms with Gasteiger partial charge in [-0.3, -0.25) is 4.79 Å². The van der Waals surface area contributed by atoms with Crippen LogP contribution in [0, 0.1) is 0 Å². The zero-order chi connectivity index (χ0) is 13.8. The van der Waals surface area contributed by atoms with Gasteiger partial charge in [-0.1, -0.05) is 0 Å². The zero-order valence-corrected chi connectivity index (χ0v) is 12.0. The summed E-state index contributed by atoms with van der Waals surface area (Å²) >= 11 is 0. The molecule has 5 nitrogen and oxygen atoms in total. The molecule has 0 unspecified atom stereocenters. The Morgan fingerprint density at radius 3 is 2.78 bits per heavy atom. The summed E-state index contributed by atoms with van der Waals surface area (Å²) in [7, 11) is 3.55. The van der Waals surface area contributed by atoms with Gasteiger partial charge >= 0.3 is 0 Å². The van der Waals surface area contributed by atoms with Crippen molar-refractivity contribution in [3.05, 3.63) is 0 Å². The lowest BCUT2D eigenvalue weighted by atomic mass is 9.91.